The van der Waals surface area contributed by atoms with E-state index >= 15 is 0 Å². The van der Waals surface area contributed by atoms with Crippen LogP contribution in [0.5, 0.6) is 5.75 Å². The molecule has 0 radical (unpaired) electrons. The Labute approximate surface area is 115 Å². The lowest BCUT2D eigenvalue weighted by Gasteiger charge is -2.09. The van der Waals surface area contributed by atoms with Gasteiger partial charge >= 0.3 is 0 Å². The van der Waals surface area contributed by atoms with Crippen LogP contribution in [0.1, 0.15) is 5.56 Å². The first kappa shape index (κ1) is 14.0. The maximum atomic E-state index is 13.3. The van der Waals surface area contributed by atoms with Crippen molar-refractivity contribution in [1.82, 2.24) is 0 Å². The van der Waals surface area contributed by atoms with E-state index in [1.54, 1.807) is 12.1 Å². The highest BCUT2D eigenvalue weighted by Crippen LogP contribution is 2.18. The van der Waals surface area contributed by atoms with Gasteiger partial charge in [0.2, 0.25) is 0 Å². The number of aryl methyl sites for hydroxylation is 1. The molecule has 2 aromatic rings. The smallest absolute Gasteiger partial charge is 0.262 e. The first-order chi connectivity index (χ1) is 9.56. The number of carbonyl (C=O) groups excluding carboxylic acids is 1. The molecule has 0 heterocycles. The Morgan fingerprint density at radius 1 is 1.20 bits per heavy atom. The third-order valence-corrected chi connectivity index (χ3v) is 2.67. The molecule has 2 rings (SSSR count). The number of nitrogens with one attached hydrogen (secondary N) is 1. The van der Waals surface area contributed by atoms with Gasteiger partial charge in [-0.3, -0.25) is 4.79 Å². The van der Waals surface area contributed by atoms with Gasteiger partial charge in [-0.1, -0.05) is 18.2 Å². The molecule has 5 heteroatoms. The summed E-state index contributed by atoms with van der Waals surface area (Å²) >= 11 is 0. The number of halogens is 2. The van der Waals surface area contributed by atoms with Crippen LogP contribution in [0.25, 0.3) is 0 Å². The van der Waals surface area contributed by atoms with E-state index < -0.39 is 17.5 Å². The quantitative estimate of drug-likeness (QED) is 0.931. The Hall–Kier alpha value is -2.43. The number of benzene rings is 2. The van der Waals surface area contributed by atoms with E-state index in [1.165, 1.54) is 0 Å². The van der Waals surface area contributed by atoms with Crippen molar-refractivity contribution in [1.29, 1.82) is 0 Å². The molecule has 1 N–H and O–H groups in total. The molecule has 0 fully saturated rings. The zero-order valence-corrected chi connectivity index (χ0v) is 10.8. The average Bonchev–Trinajstić information content (AvgIpc) is 2.40. The van der Waals surface area contributed by atoms with E-state index in [4.69, 9.17) is 4.74 Å². The summed E-state index contributed by atoms with van der Waals surface area (Å²) in [6, 6.07) is 10.2. The lowest BCUT2D eigenvalue weighted by molar-refractivity contribution is -0.118. The Morgan fingerprint density at radius 3 is 2.65 bits per heavy atom. The predicted molar refractivity (Wildman–Crippen MR) is 71.7 cm³/mol. The van der Waals surface area contributed by atoms with Crippen molar-refractivity contribution in [2.45, 2.75) is 6.92 Å². The van der Waals surface area contributed by atoms with Gasteiger partial charge in [0, 0.05) is 11.8 Å². The standard InChI is InChI=1S/C15H13F2NO2/c1-10-4-2-3-5-13(10)18-15(19)9-20-14-7-6-11(16)8-12(14)17/h2-8H,9H2,1H3,(H,18,19). The Morgan fingerprint density at radius 2 is 1.95 bits per heavy atom. The Bertz CT molecular complexity index is 629. The summed E-state index contributed by atoms with van der Waals surface area (Å²) < 4.78 is 31.0. The Kier molecular flexibility index (Phi) is 4.30. The van der Waals surface area contributed by atoms with Crippen LogP contribution in [-0.2, 0) is 4.79 Å². The van der Waals surface area contributed by atoms with Crippen molar-refractivity contribution in [3.8, 4) is 5.75 Å². The molecule has 0 bridgehead atoms. The molecule has 0 unspecified atom stereocenters. The van der Waals surface area contributed by atoms with Crippen molar-refractivity contribution >= 4 is 11.6 Å². The molecule has 0 aliphatic carbocycles. The van der Waals surface area contributed by atoms with Gasteiger partial charge in [-0.25, -0.2) is 8.78 Å². The summed E-state index contributed by atoms with van der Waals surface area (Å²) in [4.78, 5) is 11.7. The van der Waals surface area contributed by atoms with Crippen LogP contribution in [-0.4, -0.2) is 12.5 Å². The Balaban J connectivity index is 1.94. The van der Waals surface area contributed by atoms with Gasteiger partial charge in [-0.2, -0.15) is 0 Å². The third kappa shape index (κ3) is 3.54. The monoisotopic (exact) mass is 277 g/mol. The zero-order valence-electron chi connectivity index (χ0n) is 10.8. The molecule has 104 valence electrons. The van der Waals surface area contributed by atoms with Crippen molar-refractivity contribution in [2.75, 3.05) is 11.9 Å². The number of hydrogen-bond acceptors (Lipinski definition) is 2. The van der Waals surface area contributed by atoms with Crippen LogP contribution in [0.15, 0.2) is 42.5 Å². The molecule has 1 amide bonds. The van der Waals surface area contributed by atoms with Crippen LogP contribution >= 0.6 is 0 Å². The number of amides is 1. The molecule has 0 spiro atoms. The minimum absolute atomic E-state index is 0.161. The summed E-state index contributed by atoms with van der Waals surface area (Å²) in [5.74, 6) is -2.11. The molecule has 20 heavy (non-hydrogen) atoms. The minimum Gasteiger partial charge on any atom is -0.481 e. The molecular weight excluding hydrogens is 264 g/mol. The van der Waals surface area contributed by atoms with Crippen LogP contribution in [0.4, 0.5) is 14.5 Å². The highest BCUT2D eigenvalue weighted by atomic mass is 19.1. The fraction of sp³-hybridized carbons (Fsp3) is 0.133. The lowest BCUT2D eigenvalue weighted by atomic mass is 10.2. The molecule has 0 saturated heterocycles. The molecule has 0 aliphatic heterocycles. The van der Waals surface area contributed by atoms with Crippen molar-refractivity contribution < 1.29 is 18.3 Å². The maximum absolute atomic E-state index is 13.3. The summed E-state index contributed by atoms with van der Waals surface area (Å²) in [6.07, 6.45) is 0. The number of anilines is 1. The average molecular weight is 277 g/mol. The summed E-state index contributed by atoms with van der Waals surface area (Å²) in [7, 11) is 0. The van der Waals surface area contributed by atoms with Gasteiger partial charge in [0.25, 0.3) is 5.91 Å². The first-order valence-electron chi connectivity index (χ1n) is 5.99. The van der Waals surface area contributed by atoms with Gasteiger partial charge in [0.15, 0.2) is 18.2 Å². The third-order valence-electron chi connectivity index (χ3n) is 2.67. The zero-order chi connectivity index (χ0) is 14.5. The van der Waals surface area contributed by atoms with Crippen LogP contribution in [0.3, 0.4) is 0 Å². The van der Waals surface area contributed by atoms with Gasteiger partial charge in [0.05, 0.1) is 0 Å². The van der Waals surface area contributed by atoms with E-state index in [-0.39, 0.29) is 12.4 Å². The maximum Gasteiger partial charge on any atom is 0.262 e. The number of ether oxygens (including phenoxy) is 1. The van der Waals surface area contributed by atoms with E-state index in [0.717, 1.165) is 17.7 Å². The minimum atomic E-state index is -0.839. The second-order valence-corrected chi connectivity index (χ2v) is 4.23. The van der Waals surface area contributed by atoms with Gasteiger partial charge in [-0.15, -0.1) is 0 Å². The largest absolute Gasteiger partial charge is 0.481 e. The first-order valence-corrected chi connectivity index (χ1v) is 5.99. The SMILES string of the molecule is Cc1ccccc1NC(=O)COc1ccc(F)cc1F. The van der Waals surface area contributed by atoms with Gasteiger partial charge in [0.1, 0.15) is 5.82 Å². The van der Waals surface area contributed by atoms with Crippen LogP contribution < -0.4 is 10.1 Å². The highest BCUT2D eigenvalue weighted by molar-refractivity contribution is 5.92. The number of hydrogen-bond donors (Lipinski definition) is 1. The van der Waals surface area contributed by atoms with Crippen LogP contribution in [0, 0.1) is 18.6 Å². The highest BCUT2D eigenvalue weighted by Gasteiger charge is 2.09. The second-order valence-electron chi connectivity index (χ2n) is 4.23. The normalized spacial score (nSPS) is 10.2. The van der Waals surface area contributed by atoms with Crippen molar-refractivity contribution in [3.63, 3.8) is 0 Å². The number of rotatable bonds is 4. The lowest BCUT2D eigenvalue weighted by Crippen LogP contribution is -2.20. The second kappa shape index (κ2) is 6.14. The molecule has 0 saturated carbocycles. The number of carbonyl (C=O) groups is 1. The fourth-order valence-electron chi connectivity index (χ4n) is 1.64. The van der Waals surface area contributed by atoms with Crippen molar-refractivity contribution in [3.05, 3.63) is 59.7 Å². The van der Waals surface area contributed by atoms with E-state index in [1.807, 2.05) is 19.1 Å². The fourth-order valence-corrected chi connectivity index (χ4v) is 1.64. The molecule has 2 aromatic carbocycles. The van der Waals surface area contributed by atoms with Crippen LogP contribution in [0.2, 0.25) is 0 Å². The van der Waals surface area contributed by atoms with Crippen molar-refractivity contribution in [2.24, 2.45) is 0 Å². The predicted octanol–water partition coefficient (Wildman–Crippen LogP) is 3.29. The molecule has 3 nitrogen and oxygen atoms in total. The summed E-state index contributed by atoms with van der Waals surface area (Å²) in [5, 5.41) is 2.65. The molecule has 0 aromatic heterocycles. The van der Waals surface area contributed by atoms with E-state index in [0.29, 0.717) is 11.8 Å². The topological polar surface area (TPSA) is 38.3 Å². The number of para-hydroxylation sites is 1. The van der Waals surface area contributed by atoms with E-state index in [2.05, 4.69) is 5.32 Å². The molecule has 0 atom stereocenters. The molecular formula is C15H13F2NO2. The molecule has 0 aliphatic rings. The summed E-state index contributed by atoms with van der Waals surface area (Å²) in [5.41, 5.74) is 1.58. The van der Waals surface area contributed by atoms with Gasteiger partial charge in [-0.05, 0) is 30.7 Å². The van der Waals surface area contributed by atoms with Gasteiger partial charge < -0.3 is 10.1 Å². The van der Waals surface area contributed by atoms with E-state index in [9.17, 15) is 13.6 Å². The summed E-state index contributed by atoms with van der Waals surface area (Å²) in [6.45, 7) is 1.51.